The lowest BCUT2D eigenvalue weighted by molar-refractivity contribution is 0.580. The van der Waals surface area contributed by atoms with Gasteiger partial charge in [-0.3, -0.25) is 0 Å². The third-order valence-electron chi connectivity index (χ3n) is 2.77. The molecule has 1 heterocycles. The summed E-state index contributed by atoms with van der Waals surface area (Å²) >= 11 is 1.52. The summed E-state index contributed by atoms with van der Waals surface area (Å²) in [4.78, 5) is 1.30. The zero-order chi connectivity index (χ0) is 14.0. The number of rotatable bonds is 4. The highest BCUT2D eigenvalue weighted by Gasteiger charge is 2.19. The third-order valence-corrected chi connectivity index (χ3v) is 5.35. The van der Waals surface area contributed by atoms with Gasteiger partial charge in [0, 0.05) is 17.1 Å². The second-order valence-corrected chi connectivity index (χ2v) is 7.12. The maximum absolute atomic E-state index is 12.3. The van der Waals surface area contributed by atoms with Crippen molar-refractivity contribution >= 4 is 27.0 Å². The number of aryl methyl sites for hydroxylation is 2. The number of nitrogens with one attached hydrogen (secondary N) is 1. The minimum absolute atomic E-state index is 0.309. The van der Waals surface area contributed by atoms with Crippen molar-refractivity contribution in [3.8, 4) is 0 Å². The highest BCUT2D eigenvalue weighted by molar-refractivity contribution is 7.89. The van der Waals surface area contributed by atoms with Crippen LogP contribution in [0, 0.1) is 13.8 Å². The second-order valence-electron chi connectivity index (χ2n) is 4.39. The molecule has 1 aromatic carbocycles. The molecule has 0 saturated heterocycles. The summed E-state index contributed by atoms with van der Waals surface area (Å²) in [6.45, 7) is 3.81. The van der Waals surface area contributed by atoms with E-state index in [0.717, 1.165) is 4.88 Å². The summed E-state index contributed by atoms with van der Waals surface area (Å²) in [7, 11) is -3.51. The summed E-state index contributed by atoms with van der Waals surface area (Å²) in [5.41, 5.74) is 7.61. The van der Waals surface area contributed by atoms with Crippen molar-refractivity contribution in [1.82, 2.24) is 4.72 Å². The Morgan fingerprint density at radius 1 is 1.26 bits per heavy atom. The molecule has 1 aromatic heterocycles. The molecular formula is C13H16N2O2S2. The molecule has 0 spiro atoms. The largest absolute Gasteiger partial charge is 0.399 e. The number of nitrogen functional groups attached to an aromatic ring is 1. The van der Waals surface area contributed by atoms with E-state index in [2.05, 4.69) is 4.72 Å². The van der Waals surface area contributed by atoms with Crippen LogP contribution in [0.15, 0.2) is 34.5 Å². The Morgan fingerprint density at radius 3 is 2.42 bits per heavy atom. The Labute approximate surface area is 117 Å². The molecule has 0 fully saturated rings. The van der Waals surface area contributed by atoms with E-state index in [4.69, 9.17) is 5.73 Å². The third kappa shape index (κ3) is 3.15. The monoisotopic (exact) mass is 296 g/mol. The first-order chi connectivity index (χ1) is 8.90. The number of sulfonamides is 1. The maximum atomic E-state index is 12.3. The van der Waals surface area contributed by atoms with Gasteiger partial charge < -0.3 is 5.73 Å². The van der Waals surface area contributed by atoms with E-state index in [-0.39, 0.29) is 0 Å². The number of thiophene rings is 1. The molecule has 6 heteroatoms. The smallest absolute Gasteiger partial charge is 0.241 e. The molecule has 2 rings (SSSR count). The van der Waals surface area contributed by atoms with Gasteiger partial charge in [0.1, 0.15) is 0 Å². The van der Waals surface area contributed by atoms with E-state index >= 15 is 0 Å². The summed E-state index contributed by atoms with van der Waals surface area (Å²) in [5, 5.41) is 1.92. The van der Waals surface area contributed by atoms with Gasteiger partial charge in [-0.05, 0) is 48.6 Å². The van der Waals surface area contributed by atoms with Crippen molar-refractivity contribution in [3.05, 3.63) is 45.6 Å². The van der Waals surface area contributed by atoms with Crippen LogP contribution >= 0.6 is 11.3 Å². The van der Waals surface area contributed by atoms with Gasteiger partial charge in [0.25, 0.3) is 0 Å². The van der Waals surface area contributed by atoms with E-state index in [0.29, 0.717) is 28.3 Å². The van der Waals surface area contributed by atoms with Crippen molar-refractivity contribution in [2.45, 2.75) is 25.3 Å². The average molecular weight is 296 g/mol. The molecule has 2 aromatic rings. The van der Waals surface area contributed by atoms with E-state index in [1.165, 1.54) is 11.3 Å². The second kappa shape index (κ2) is 5.32. The number of hydrogen-bond donors (Lipinski definition) is 2. The normalized spacial score (nSPS) is 11.7. The van der Waals surface area contributed by atoms with Gasteiger partial charge in [-0.15, -0.1) is 11.3 Å². The highest BCUT2D eigenvalue weighted by Crippen LogP contribution is 2.23. The van der Waals surface area contributed by atoms with Gasteiger partial charge in [0.05, 0.1) is 4.90 Å². The van der Waals surface area contributed by atoms with Gasteiger partial charge in [-0.2, -0.15) is 0 Å². The lowest BCUT2D eigenvalue weighted by Crippen LogP contribution is -2.24. The molecule has 0 atom stereocenters. The standard InChI is InChI=1S/C13H16N2O2S2/c1-9-6-11(14)7-10(2)13(9)19(16,17)15-8-12-4-3-5-18-12/h3-7,15H,8,14H2,1-2H3. The van der Waals surface area contributed by atoms with E-state index in [1.54, 1.807) is 26.0 Å². The summed E-state index contributed by atoms with van der Waals surface area (Å²) < 4.78 is 27.3. The van der Waals surface area contributed by atoms with Crippen LogP contribution in [0.5, 0.6) is 0 Å². The first-order valence-electron chi connectivity index (χ1n) is 5.79. The Hall–Kier alpha value is -1.37. The molecule has 0 unspecified atom stereocenters. The van der Waals surface area contributed by atoms with Crippen molar-refractivity contribution in [2.75, 3.05) is 5.73 Å². The van der Waals surface area contributed by atoms with Crippen LogP contribution in [0.25, 0.3) is 0 Å². The molecule has 19 heavy (non-hydrogen) atoms. The van der Waals surface area contributed by atoms with Crippen LogP contribution in [0.2, 0.25) is 0 Å². The van der Waals surface area contributed by atoms with Crippen LogP contribution in [0.3, 0.4) is 0 Å². The van der Waals surface area contributed by atoms with Crippen LogP contribution in [-0.2, 0) is 16.6 Å². The Balaban J connectivity index is 2.29. The minimum atomic E-state index is -3.51. The fourth-order valence-electron chi connectivity index (χ4n) is 2.06. The quantitative estimate of drug-likeness (QED) is 0.851. The summed E-state index contributed by atoms with van der Waals surface area (Å²) in [6.07, 6.45) is 0. The zero-order valence-electron chi connectivity index (χ0n) is 10.8. The number of nitrogens with two attached hydrogens (primary N) is 1. The number of hydrogen-bond acceptors (Lipinski definition) is 4. The predicted octanol–water partition coefficient (Wildman–Crippen LogP) is 2.43. The Bertz CT molecular complexity index is 654. The molecule has 0 bridgehead atoms. The van der Waals surface area contributed by atoms with Crippen molar-refractivity contribution in [2.24, 2.45) is 0 Å². The first kappa shape index (κ1) is 14.0. The van der Waals surface area contributed by atoms with Crippen LogP contribution in [0.1, 0.15) is 16.0 Å². The molecular weight excluding hydrogens is 280 g/mol. The van der Waals surface area contributed by atoms with Crippen LogP contribution in [0.4, 0.5) is 5.69 Å². The fraction of sp³-hybridized carbons (Fsp3) is 0.231. The highest BCUT2D eigenvalue weighted by atomic mass is 32.2. The molecule has 4 nitrogen and oxygen atoms in total. The summed E-state index contributed by atoms with van der Waals surface area (Å²) in [5.74, 6) is 0. The lowest BCUT2D eigenvalue weighted by atomic mass is 10.1. The molecule has 0 saturated carbocycles. The first-order valence-corrected chi connectivity index (χ1v) is 8.15. The van der Waals surface area contributed by atoms with E-state index in [9.17, 15) is 8.42 Å². The molecule has 0 amide bonds. The van der Waals surface area contributed by atoms with Crippen molar-refractivity contribution in [1.29, 1.82) is 0 Å². The van der Waals surface area contributed by atoms with Crippen molar-refractivity contribution in [3.63, 3.8) is 0 Å². The molecule has 0 radical (unpaired) electrons. The maximum Gasteiger partial charge on any atom is 0.241 e. The van der Waals surface area contributed by atoms with Gasteiger partial charge >= 0.3 is 0 Å². The van der Waals surface area contributed by atoms with E-state index < -0.39 is 10.0 Å². The topological polar surface area (TPSA) is 72.2 Å². The molecule has 102 valence electrons. The minimum Gasteiger partial charge on any atom is -0.399 e. The SMILES string of the molecule is Cc1cc(N)cc(C)c1S(=O)(=O)NCc1cccs1. The summed E-state index contributed by atoms with van der Waals surface area (Å²) in [6, 6.07) is 7.14. The molecule has 3 N–H and O–H groups in total. The van der Waals surface area contributed by atoms with Gasteiger partial charge in [0.2, 0.25) is 10.0 Å². The fourth-order valence-corrected chi connectivity index (χ4v) is 4.25. The van der Waals surface area contributed by atoms with Crippen LogP contribution < -0.4 is 10.5 Å². The predicted molar refractivity (Wildman–Crippen MR) is 78.7 cm³/mol. The Kier molecular flexibility index (Phi) is 3.93. The number of benzene rings is 1. The lowest BCUT2D eigenvalue weighted by Gasteiger charge is -2.12. The van der Waals surface area contributed by atoms with Crippen LogP contribution in [-0.4, -0.2) is 8.42 Å². The number of anilines is 1. The Morgan fingerprint density at radius 2 is 1.89 bits per heavy atom. The molecule has 0 aliphatic rings. The zero-order valence-corrected chi connectivity index (χ0v) is 12.4. The molecule has 0 aliphatic carbocycles. The van der Waals surface area contributed by atoms with Gasteiger partial charge in [0.15, 0.2) is 0 Å². The van der Waals surface area contributed by atoms with Gasteiger partial charge in [-0.25, -0.2) is 13.1 Å². The molecule has 0 aliphatic heterocycles. The average Bonchev–Trinajstić information content (AvgIpc) is 2.77. The van der Waals surface area contributed by atoms with Gasteiger partial charge in [-0.1, -0.05) is 6.07 Å². The van der Waals surface area contributed by atoms with Crippen molar-refractivity contribution < 1.29 is 8.42 Å². The van der Waals surface area contributed by atoms with E-state index in [1.807, 2.05) is 17.5 Å².